The van der Waals surface area contributed by atoms with Crippen molar-refractivity contribution in [1.29, 1.82) is 0 Å². The monoisotopic (exact) mass is 365 g/mol. The smallest absolute Gasteiger partial charge is 0.252 e. The third kappa shape index (κ3) is 4.73. The van der Waals surface area contributed by atoms with E-state index in [2.05, 4.69) is 37.1 Å². The van der Waals surface area contributed by atoms with Gasteiger partial charge in [0.05, 0.1) is 13.7 Å². The number of rotatable bonds is 5. The molecule has 1 amide bonds. The highest BCUT2D eigenvalue weighted by Gasteiger charge is 2.32. The zero-order valence-corrected chi connectivity index (χ0v) is 15.8. The molecule has 0 fully saturated rings. The number of carbonyl (C=O) groups excluding carboxylic acids is 1. The van der Waals surface area contributed by atoms with Crippen molar-refractivity contribution in [3.05, 3.63) is 53.6 Å². The fourth-order valence-corrected chi connectivity index (χ4v) is 2.92. The number of hydrogen-bond donors (Lipinski definition) is 1. The number of fused-ring (bicyclic) bond motifs is 1. The lowest BCUT2D eigenvalue weighted by molar-refractivity contribution is 0.0958. The number of hydrogen-bond acceptors (Lipinski definition) is 4. The van der Waals surface area contributed by atoms with Crippen molar-refractivity contribution >= 4 is 5.91 Å². The second kappa shape index (κ2) is 8.05. The van der Waals surface area contributed by atoms with E-state index in [1.807, 2.05) is 12.1 Å². The van der Waals surface area contributed by atoms with Gasteiger partial charge in [0.2, 0.25) is 0 Å². The van der Waals surface area contributed by atoms with Crippen LogP contribution in [-0.4, -0.2) is 31.8 Å². The van der Waals surface area contributed by atoms with Crippen LogP contribution in [0.15, 0.2) is 42.5 Å². The van der Waals surface area contributed by atoms with Crippen molar-refractivity contribution < 1.29 is 19.0 Å². The lowest BCUT2D eigenvalue weighted by Crippen LogP contribution is -2.24. The average Bonchev–Trinajstić information content (AvgIpc) is 2.99. The van der Waals surface area contributed by atoms with Crippen LogP contribution < -0.4 is 19.5 Å². The van der Waals surface area contributed by atoms with Crippen molar-refractivity contribution in [2.75, 3.05) is 20.3 Å². The van der Waals surface area contributed by atoms with Crippen molar-refractivity contribution in [2.45, 2.75) is 25.9 Å². The van der Waals surface area contributed by atoms with Crippen LogP contribution in [0.5, 0.6) is 17.2 Å². The predicted molar refractivity (Wildman–Crippen MR) is 103 cm³/mol. The van der Waals surface area contributed by atoms with Crippen LogP contribution >= 0.6 is 0 Å². The van der Waals surface area contributed by atoms with Crippen LogP contribution in [0.2, 0.25) is 0 Å². The largest absolute Gasteiger partial charge is 0.497 e. The van der Waals surface area contributed by atoms with Gasteiger partial charge in [0.15, 0.2) is 11.5 Å². The summed E-state index contributed by atoms with van der Waals surface area (Å²) < 4.78 is 16.8. The minimum atomic E-state index is -0.210. The van der Waals surface area contributed by atoms with Gasteiger partial charge in [-0.2, -0.15) is 0 Å². The van der Waals surface area contributed by atoms with Gasteiger partial charge in [-0.25, -0.2) is 0 Å². The second-order valence-corrected chi connectivity index (χ2v) is 6.84. The van der Waals surface area contributed by atoms with Gasteiger partial charge in [0.1, 0.15) is 18.0 Å². The van der Waals surface area contributed by atoms with E-state index in [1.54, 1.807) is 31.4 Å². The molecule has 5 heteroatoms. The van der Waals surface area contributed by atoms with Gasteiger partial charge < -0.3 is 19.5 Å². The Bertz CT molecular complexity index is 893. The summed E-state index contributed by atoms with van der Waals surface area (Å²) in [4.78, 5) is 12.1. The van der Waals surface area contributed by atoms with Gasteiger partial charge in [-0.1, -0.05) is 30.0 Å². The number of ether oxygens (including phenoxy) is 3. The van der Waals surface area contributed by atoms with Gasteiger partial charge in [0.25, 0.3) is 5.91 Å². The van der Waals surface area contributed by atoms with Crippen LogP contribution in [-0.2, 0) is 6.42 Å². The van der Waals surface area contributed by atoms with E-state index in [9.17, 15) is 4.79 Å². The van der Waals surface area contributed by atoms with E-state index in [1.165, 1.54) is 0 Å². The Hall–Kier alpha value is -3.13. The molecular weight excluding hydrogens is 342 g/mol. The minimum Gasteiger partial charge on any atom is -0.497 e. The molecule has 0 saturated heterocycles. The number of amides is 1. The van der Waals surface area contributed by atoms with Crippen molar-refractivity contribution in [3.8, 4) is 29.1 Å². The normalized spacial score (nSPS) is 13.6. The first-order valence-electron chi connectivity index (χ1n) is 8.80. The summed E-state index contributed by atoms with van der Waals surface area (Å²) in [5, 5.41) is 2.75. The molecule has 1 aliphatic rings. The van der Waals surface area contributed by atoms with Crippen LogP contribution in [0.1, 0.15) is 29.8 Å². The Morgan fingerprint density at radius 3 is 2.85 bits per heavy atom. The van der Waals surface area contributed by atoms with Gasteiger partial charge in [0, 0.05) is 17.5 Å². The first kappa shape index (κ1) is 18.7. The molecule has 27 heavy (non-hydrogen) atoms. The molecule has 1 N–H and O–H groups in total. The Balaban J connectivity index is 1.48. The molecule has 0 aromatic heterocycles. The first-order valence-corrected chi connectivity index (χ1v) is 8.80. The molecule has 0 radical (unpaired) electrons. The molecule has 0 atom stereocenters. The topological polar surface area (TPSA) is 56.8 Å². The molecule has 0 spiro atoms. The Labute approximate surface area is 159 Å². The molecule has 2 aromatic rings. The lowest BCUT2D eigenvalue weighted by atomic mass is 10.0. The summed E-state index contributed by atoms with van der Waals surface area (Å²) >= 11 is 0. The minimum absolute atomic E-state index is 0.194. The predicted octanol–water partition coefficient (Wildman–Crippen LogP) is 3.22. The van der Waals surface area contributed by atoms with E-state index < -0.39 is 0 Å². The van der Waals surface area contributed by atoms with Gasteiger partial charge in [-0.05, 0) is 38.1 Å². The van der Waals surface area contributed by atoms with Gasteiger partial charge in [-0.3, -0.25) is 4.79 Å². The fourth-order valence-electron chi connectivity index (χ4n) is 2.92. The molecule has 2 aromatic carbocycles. The van der Waals surface area contributed by atoms with Crippen LogP contribution in [0.4, 0.5) is 0 Å². The number of nitrogens with one attached hydrogen (secondary N) is 1. The highest BCUT2D eigenvalue weighted by atomic mass is 16.5. The van der Waals surface area contributed by atoms with Crippen LogP contribution in [0.25, 0.3) is 0 Å². The fraction of sp³-hybridized carbons (Fsp3) is 0.318. The van der Waals surface area contributed by atoms with E-state index in [-0.39, 0.29) is 24.7 Å². The standard InChI is InChI=1S/C22H23NO4/c1-22(2)15-17-9-7-11-19(20(17)27-22)26-13-5-4-12-23-21(24)16-8-6-10-18(14-16)25-3/h6-11,14H,12-13,15H2,1-3H3,(H,23,24). The number of methoxy groups -OCH3 is 1. The van der Waals surface area contributed by atoms with Crippen LogP contribution in [0.3, 0.4) is 0 Å². The second-order valence-electron chi connectivity index (χ2n) is 6.84. The highest BCUT2D eigenvalue weighted by Crippen LogP contribution is 2.41. The summed E-state index contributed by atoms with van der Waals surface area (Å²) in [6.45, 7) is 4.59. The summed E-state index contributed by atoms with van der Waals surface area (Å²) in [5.74, 6) is 7.75. The molecule has 0 bridgehead atoms. The quantitative estimate of drug-likeness (QED) is 0.827. The molecular formula is C22H23NO4. The molecule has 1 aliphatic heterocycles. The molecule has 5 nitrogen and oxygen atoms in total. The number of para-hydroxylation sites is 1. The zero-order valence-electron chi connectivity index (χ0n) is 15.8. The average molecular weight is 365 g/mol. The summed E-state index contributed by atoms with van der Waals surface area (Å²) in [7, 11) is 1.57. The maximum atomic E-state index is 12.1. The molecule has 1 heterocycles. The van der Waals surface area contributed by atoms with E-state index in [4.69, 9.17) is 14.2 Å². The lowest BCUT2D eigenvalue weighted by Gasteiger charge is -2.17. The van der Waals surface area contributed by atoms with E-state index in [0.29, 0.717) is 17.1 Å². The summed E-state index contributed by atoms with van der Waals surface area (Å²) in [6.07, 6.45) is 0.863. The van der Waals surface area contributed by atoms with E-state index >= 15 is 0 Å². The summed E-state index contributed by atoms with van der Waals surface area (Å²) in [5.41, 5.74) is 1.47. The molecule has 0 aliphatic carbocycles. The Morgan fingerprint density at radius 1 is 1.22 bits per heavy atom. The highest BCUT2D eigenvalue weighted by molar-refractivity contribution is 5.94. The van der Waals surface area contributed by atoms with Crippen molar-refractivity contribution in [1.82, 2.24) is 5.32 Å². The Morgan fingerprint density at radius 2 is 2.04 bits per heavy atom. The summed E-state index contributed by atoms with van der Waals surface area (Å²) in [6, 6.07) is 12.9. The molecule has 0 saturated carbocycles. The zero-order chi connectivity index (χ0) is 19.3. The van der Waals surface area contributed by atoms with Gasteiger partial charge in [-0.15, -0.1) is 0 Å². The molecule has 3 rings (SSSR count). The third-order valence-electron chi connectivity index (χ3n) is 4.15. The third-order valence-corrected chi connectivity index (χ3v) is 4.15. The maximum absolute atomic E-state index is 12.1. The van der Waals surface area contributed by atoms with Crippen molar-refractivity contribution in [2.24, 2.45) is 0 Å². The number of carbonyl (C=O) groups is 1. The first-order chi connectivity index (χ1) is 13.0. The Kier molecular flexibility index (Phi) is 5.56. The molecule has 140 valence electrons. The van der Waals surface area contributed by atoms with Gasteiger partial charge >= 0.3 is 0 Å². The SMILES string of the molecule is COc1cccc(C(=O)NCC#CCOc2cccc3c2OC(C)(C)C3)c1. The molecule has 0 unspecified atom stereocenters. The maximum Gasteiger partial charge on any atom is 0.252 e. The van der Waals surface area contributed by atoms with Crippen LogP contribution in [0, 0.1) is 11.8 Å². The van der Waals surface area contributed by atoms with Crippen molar-refractivity contribution in [3.63, 3.8) is 0 Å². The van der Waals surface area contributed by atoms with E-state index in [0.717, 1.165) is 17.7 Å². The number of benzene rings is 2.